The molecule has 0 radical (unpaired) electrons. The molecule has 0 spiro atoms. The van der Waals surface area contributed by atoms with Gasteiger partial charge in [-0.3, -0.25) is 5.84 Å². The minimum Gasteiger partial charge on any atom is -0.328 e. The molecule has 6 nitrogen and oxygen atoms in total. The number of nitrogens with one attached hydrogen (secondary N) is 1. The minimum absolute atomic E-state index is 0.966. The molecule has 2 rings (SSSR count). The summed E-state index contributed by atoms with van der Waals surface area (Å²) in [5.74, 6) is 5.37. The molecule has 6 heteroatoms. The summed E-state index contributed by atoms with van der Waals surface area (Å²) in [6, 6.07) is 14.1. The van der Waals surface area contributed by atoms with Crippen molar-refractivity contribution < 1.29 is 10.3 Å². The minimum atomic E-state index is -1.50. The fraction of sp³-hybridized carbons (Fsp3) is 0. The van der Waals surface area contributed by atoms with E-state index in [0.717, 1.165) is 11.1 Å². The Kier molecular flexibility index (Phi) is 4.05. The zero-order chi connectivity index (χ0) is 12.0. The summed E-state index contributed by atoms with van der Waals surface area (Å²) in [7, 11) is 0. The number of benzene rings is 2. The molecule has 84 valence electrons. The Morgan fingerprint density at radius 2 is 1.75 bits per heavy atom. The van der Waals surface area contributed by atoms with E-state index < -0.39 is 5.09 Å². The number of rotatable bonds is 1. The highest BCUT2D eigenvalue weighted by atomic mass is 16.9. The molecule has 2 aromatic rings. The molecule has 0 unspecified atom stereocenters. The summed E-state index contributed by atoms with van der Waals surface area (Å²) in [6.45, 7) is 0. The van der Waals surface area contributed by atoms with Crippen LogP contribution in [0.4, 0.5) is 5.69 Å². The Morgan fingerprint density at radius 1 is 1.19 bits per heavy atom. The maximum Gasteiger partial charge on any atom is 0.291 e. The van der Waals surface area contributed by atoms with Gasteiger partial charge in [0.25, 0.3) is 5.09 Å². The van der Waals surface area contributed by atoms with Gasteiger partial charge in [0.1, 0.15) is 0 Å². The van der Waals surface area contributed by atoms with Crippen molar-refractivity contribution in [3.8, 4) is 0 Å². The third-order valence-electron chi connectivity index (χ3n) is 1.95. The van der Waals surface area contributed by atoms with Gasteiger partial charge in [0.15, 0.2) is 0 Å². The number of nitrogen functional groups attached to an aromatic ring is 1. The third-order valence-corrected chi connectivity index (χ3v) is 1.95. The van der Waals surface area contributed by atoms with Crippen LogP contribution in [0.1, 0.15) is 0 Å². The molecular formula is C10H11N3O3. The summed E-state index contributed by atoms with van der Waals surface area (Å²) < 4.78 is 0. The second-order valence-corrected chi connectivity index (χ2v) is 2.91. The second kappa shape index (κ2) is 5.52. The van der Waals surface area contributed by atoms with Gasteiger partial charge < -0.3 is 10.6 Å². The molecule has 0 saturated heterocycles. The molecule has 4 N–H and O–H groups in total. The van der Waals surface area contributed by atoms with Gasteiger partial charge in [-0.25, -0.2) is 0 Å². The number of anilines is 1. The molecule has 0 atom stereocenters. The summed E-state index contributed by atoms with van der Waals surface area (Å²) in [5.41, 5.74) is 3.64. The van der Waals surface area contributed by atoms with Crippen LogP contribution in [-0.4, -0.2) is 10.3 Å². The number of hydrogen-bond acceptors (Lipinski definition) is 4. The molecule has 0 aliphatic carbocycles. The van der Waals surface area contributed by atoms with Crippen molar-refractivity contribution in [3.05, 3.63) is 52.6 Å². The van der Waals surface area contributed by atoms with E-state index in [4.69, 9.17) is 21.2 Å². The quantitative estimate of drug-likeness (QED) is 0.387. The van der Waals surface area contributed by atoms with Crippen LogP contribution in [-0.2, 0) is 0 Å². The van der Waals surface area contributed by atoms with Crippen molar-refractivity contribution in [1.29, 1.82) is 0 Å². The summed E-state index contributed by atoms with van der Waals surface area (Å²) in [5, 5.41) is 16.0. The van der Waals surface area contributed by atoms with Crippen LogP contribution in [0.15, 0.2) is 42.5 Å². The topological polar surface area (TPSA) is 101 Å². The van der Waals surface area contributed by atoms with Gasteiger partial charge in [0.05, 0.1) is 5.69 Å². The summed E-state index contributed by atoms with van der Waals surface area (Å²) >= 11 is 0. The van der Waals surface area contributed by atoms with Crippen molar-refractivity contribution in [2.75, 3.05) is 5.43 Å². The number of hydrazine groups is 1. The lowest BCUT2D eigenvalue weighted by molar-refractivity contribution is -0.742. The fourth-order valence-corrected chi connectivity index (χ4v) is 1.35. The standard InChI is InChI=1S/C10H10N2.HNO3/c11-12-10-7-3-5-8-4-1-2-6-9(8)10;2-1(3)4/h1-7,12H,11H2;(H,2,3,4). The maximum absolute atomic E-state index is 8.36. The van der Waals surface area contributed by atoms with Gasteiger partial charge in [0.2, 0.25) is 0 Å². The van der Waals surface area contributed by atoms with Crippen LogP contribution in [0, 0.1) is 10.1 Å². The van der Waals surface area contributed by atoms with E-state index in [1.165, 1.54) is 5.39 Å². The van der Waals surface area contributed by atoms with E-state index in [1.807, 2.05) is 30.3 Å². The average molecular weight is 221 g/mol. The van der Waals surface area contributed by atoms with Gasteiger partial charge in [-0.05, 0) is 11.5 Å². The normalized spacial score (nSPS) is 9.06. The molecule has 2 aromatic carbocycles. The van der Waals surface area contributed by atoms with Gasteiger partial charge in [-0.2, -0.15) is 0 Å². The highest BCUT2D eigenvalue weighted by molar-refractivity contribution is 5.93. The van der Waals surface area contributed by atoms with Gasteiger partial charge in [0, 0.05) is 5.39 Å². The molecule has 0 aromatic heterocycles. The van der Waals surface area contributed by atoms with Crippen LogP contribution in [0.25, 0.3) is 10.8 Å². The van der Waals surface area contributed by atoms with Gasteiger partial charge >= 0.3 is 0 Å². The molecule has 16 heavy (non-hydrogen) atoms. The van der Waals surface area contributed by atoms with Crippen LogP contribution in [0.2, 0.25) is 0 Å². The zero-order valence-corrected chi connectivity index (χ0v) is 8.33. The fourth-order valence-electron chi connectivity index (χ4n) is 1.35. The predicted molar refractivity (Wildman–Crippen MR) is 60.5 cm³/mol. The monoisotopic (exact) mass is 221 g/mol. The molecule has 0 amide bonds. The number of fused-ring (bicyclic) bond motifs is 1. The average Bonchev–Trinajstić information content (AvgIpc) is 2.27. The summed E-state index contributed by atoms with van der Waals surface area (Å²) in [6.07, 6.45) is 0. The smallest absolute Gasteiger partial charge is 0.291 e. The number of nitrogens with two attached hydrogens (primary N) is 1. The van der Waals surface area contributed by atoms with E-state index in [0.29, 0.717) is 0 Å². The molecule has 0 aliphatic rings. The lowest BCUT2D eigenvalue weighted by atomic mass is 10.1. The Hall–Kier alpha value is -2.34. The van der Waals surface area contributed by atoms with Crippen molar-refractivity contribution in [1.82, 2.24) is 0 Å². The molecule has 0 fully saturated rings. The van der Waals surface area contributed by atoms with Gasteiger partial charge in [-0.15, -0.1) is 10.1 Å². The Morgan fingerprint density at radius 3 is 2.38 bits per heavy atom. The molecular weight excluding hydrogens is 210 g/mol. The van der Waals surface area contributed by atoms with Crippen LogP contribution >= 0.6 is 0 Å². The first-order valence-electron chi connectivity index (χ1n) is 4.43. The largest absolute Gasteiger partial charge is 0.328 e. The second-order valence-electron chi connectivity index (χ2n) is 2.91. The lowest BCUT2D eigenvalue weighted by Crippen LogP contribution is -2.06. The molecule has 0 bridgehead atoms. The third kappa shape index (κ3) is 3.10. The van der Waals surface area contributed by atoms with Crippen LogP contribution in [0.3, 0.4) is 0 Å². The summed E-state index contributed by atoms with van der Waals surface area (Å²) in [4.78, 5) is 8.36. The highest BCUT2D eigenvalue weighted by Gasteiger charge is 1.95. The molecule has 0 heterocycles. The van der Waals surface area contributed by atoms with Crippen molar-refractivity contribution in [3.63, 3.8) is 0 Å². The van der Waals surface area contributed by atoms with E-state index >= 15 is 0 Å². The first kappa shape index (κ1) is 11.7. The zero-order valence-electron chi connectivity index (χ0n) is 8.33. The van der Waals surface area contributed by atoms with Crippen molar-refractivity contribution in [2.45, 2.75) is 0 Å². The maximum atomic E-state index is 8.36. The Bertz CT molecular complexity index is 478. The Labute approximate surface area is 91.4 Å². The molecule has 0 saturated carbocycles. The van der Waals surface area contributed by atoms with Crippen LogP contribution in [0.5, 0.6) is 0 Å². The predicted octanol–water partition coefficient (Wildman–Crippen LogP) is 1.78. The number of hydrogen-bond donors (Lipinski definition) is 3. The van der Waals surface area contributed by atoms with E-state index in [2.05, 4.69) is 17.6 Å². The first-order chi connectivity index (χ1) is 7.65. The number of nitrogens with zero attached hydrogens (tertiary/aromatic N) is 1. The van der Waals surface area contributed by atoms with Gasteiger partial charge in [-0.1, -0.05) is 36.4 Å². The highest BCUT2D eigenvalue weighted by Crippen LogP contribution is 2.21. The first-order valence-corrected chi connectivity index (χ1v) is 4.43. The van der Waals surface area contributed by atoms with E-state index in [9.17, 15) is 0 Å². The lowest BCUT2D eigenvalue weighted by Gasteiger charge is -2.03. The van der Waals surface area contributed by atoms with E-state index in [1.54, 1.807) is 0 Å². The van der Waals surface area contributed by atoms with Crippen molar-refractivity contribution in [2.24, 2.45) is 5.84 Å². The SMILES string of the molecule is NNc1cccc2ccccc12.O=[N+]([O-])O. The van der Waals surface area contributed by atoms with Crippen molar-refractivity contribution >= 4 is 16.5 Å². The Balaban J connectivity index is 0.000000280. The van der Waals surface area contributed by atoms with E-state index in [-0.39, 0.29) is 0 Å². The van der Waals surface area contributed by atoms with Crippen LogP contribution < -0.4 is 11.3 Å². The molecule has 0 aliphatic heterocycles.